The highest BCUT2D eigenvalue weighted by atomic mass is 19.4. The molecule has 202 valence electrons. The number of anilines is 1. The molecule has 1 aliphatic carbocycles. The van der Waals surface area contributed by atoms with Crippen molar-refractivity contribution in [3.63, 3.8) is 0 Å². The summed E-state index contributed by atoms with van der Waals surface area (Å²) in [6, 6.07) is 1.23. The van der Waals surface area contributed by atoms with Crippen molar-refractivity contribution in [2.24, 2.45) is 11.8 Å². The zero-order chi connectivity index (χ0) is 25.7. The highest BCUT2D eigenvalue weighted by Gasteiger charge is 2.42. The molecule has 12 heteroatoms. The van der Waals surface area contributed by atoms with Gasteiger partial charge in [-0.3, -0.25) is 4.79 Å². The third-order valence-electron chi connectivity index (χ3n) is 7.41. The number of ether oxygens (including phenoxy) is 3. The molecule has 3 aliphatic rings. The number of hydrogen-bond donors (Lipinski definition) is 1. The zero-order valence-electron chi connectivity index (χ0n) is 20.9. The topological polar surface area (TPSA) is 89.0 Å². The van der Waals surface area contributed by atoms with Gasteiger partial charge in [0.25, 0.3) is 0 Å². The molecule has 1 amide bonds. The fourth-order valence-electron chi connectivity index (χ4n) is 5.47. The van der Waals surface area contributed by atoms with Gasteiger partial charge in [0, 0.05) is 70.7 Å². The lowest BCUT2D eigenvalue weighted by Gasteiger charge is -2.37. The van der Waals surface area contributed by atoms with Gasteiger partial charge in [0.15, 0.2) is 0 Å². The molecule has 1 saturated carbocycles. The Balaban J connectivity index is 1.36. The van der Waals surface area contributed by atoms with E-state index < -0.39 is 11.9 Å². The summed E-state index contributed by atoms with van der Waals surface area (Å²) >= 11 is 0. The number of amides is 1. The summed E-state index contributed by atoms with van der Waals surface area (Å²) in [4.78, 5) is 24.8. The molecule has 9 nitrogen and oxygen atoms in total. The van der Waals surface area contributed by atoms with Gasteiger partial charge in [0.1, 0.15) is 5.69 Å². The molecule has 0 bridgehead atoms. The van der Waals surface area contributed by atoms with E-state index in [9.17, 15) is 18.0 Å². The molecular weight excluding hydrogens is 479 g/mol. The summed E-state index contributed by atoms with van der Waals surface area (Å²) in [5, 5.41) is 3.71. The molecule has 4 unspecified atom stereocenters. The number of nitrogens with one attached hydrogen (secondary N) is 1. The van der Waals surface area contributed by atoms with Gasteiger partial charge in [-0.15, -0.1) is 0 Å². The Labute approximate surface area is 209 Å². The first-order valence-corrected chi connectivity index (χ1v) is 12.7. The van der Waals surface area contributed by atoms with Crippen molar-refractivity contribution in [1.29, 1.82) is 0 Å². The van der Waals surface area contributed by atoms with Crippen LogP contribution in [0.4, 0.5) is 19.1 Å². The Kier molecular flexibility index (Phi) is 9.02. The quantitative estimate of drug-likeness (QED) is 0.562. The van der Waals surface area contributed by atoms with Gasteiger partial charge in [-0.05, 0) is 38.2 Å². The minimum absolute atomic E-state index is 0.00927. The van der Waals surface area contributed by atoms with E-state index in [4.69, 9.17) is 14.2 Å². The van der Waals surface area contributed by atoms with E-state index in [1.54, 1.807) is 12.0 Å². The summed E-state index contributed by atoms with van der Waals surface area (Å²) in [5.41, 5.74) is -0.963. The average molecular weight is 516 g/mol. The molecule has 3 heterocycles. The van der Waals surface area contributed by atoms with Crippen molar-refractivity contribution in [1.82, 2.24) is 20.2 Å². The van der Waals surface area contributed by atoms with E-state index in [-0.39, 0.29) is 41.9 Å². The predicted molar refractivity (Wildman–Crippen MR) is 125 cm³/mol. The molecule has 2 aliphatic heterocycles. The van der Waals surface area contributed by atoms with E-state index >= 15 is 0 Å². The standard InChI is InChI=1S/C24H36F3N5O4/c1-3-35-14-16-12-17(29-19-5-11-36-15-20(19)34-2)13-18(16)22(33)31-7-9-32(10-8-31)23-28-6-4-21(30-23)24(25,26)27/h4,6,16-20,29H,3,5,7-15H2,1-2H3/t16?,17-,18?,19?,20?/m1/s1. The number of methoxy groups -OCH3 is 1. The lowest BCUT2D eigenvalue weighted by molar-refractivity contribution is -0.141. The molecule has 1 aromatic rings. The fourth-order valence-corrected chi connectivity index (χ4v) is 5.47. The van der Waals surface area contributed by atoms with Crippen molar-refractivity contribution in [2.45, 2.75) is 50.6 Å². The SMILES string of the molecule is CCOCC1C[C@@H](NC2CCOCC2OC)CC1C(=O)N1CCN(c2nccc(C(F)(F)F)n2)CC1. The second kappa shape index (κ2) is 12.0. The van der Waals surface area contributed by atoms with Crippen molar-refractivity contribution < 1.29 is 32.2 Å². The maximum absolute atomic E-state index is 13.6. The van der Waals surface area contributed by atoms with Crippen LogP contribution in [0.25, 0.3) is 0 Å². The van der Waals surface area contributed by atoms with Crippen molar-refractivity contribution in [3.8, 4) is 0 Å². The third kappa shape index (κ3) is 6.45. The van der Waals surface area contributed by atoms with Crippen molar-refractivity contribution in [2.75, 3.05) is 64.6 Å². The molecule has 36 heavy (non-hydrogen) atoms. The number of nitrogens with zero attached hydrogens (tertiary/aromatic N) is 4. The minimum Gasteiger partial charge on any atom is -0.381 e. The van der Waals surface area contributed by atoms with Crippen LogP contribution in [0.2, 0.25) is 0 Å². The lowest BCUT2D eigenvalue weighted by atomic mass is 9.95. The Bertz CT molecular complexity index is 868. The number of rotatable bonds is 8. The van der Waals surface area contributed by atoms with Gasteiger partial charge in [0.2, 0.25) is 11.9 Å². The smallest absolute Gasteiger partial charge is 0.381 e. The van der Waals surface area contributed by atoms with E-state index in [0.29, 0.717) is 52.6 Å². The molecule has 2 saturated heterocycles. The number of carbonyl (C=O) groups is 1. The van der Waals surface area contributed by atoms with Gasteiger partial charge in [-0.25, -0.2) is 9.97 Å². The molecule has 4 rings (SSSR count). The summed E-state index contributed by atoms with van der Waals surface area (Å²) < 4.78 is 55.9. The number of hydrogen-bond acceptors (Lipinski definition) is 8. The minimum atomic E-state index is -4.52. The monoisotopic (exact) mass is 515 g/mol. The molecule has 5 atom stereocenters. The largest absolute Gasteiger partial charge is 0.433 e. The second-order valence-corrected chi connectivity index (χ2v) is 9.66. The molecule has 0 radical (unpaired) electrons. The Hall–Kier alpha value is -2.02. The van der Waals surface area contributed by atoms with Crippen LogP contribution in [0.1, 0.15) is 31.9 Å². The number of halogens is 3. The van der Waals surface area contributed by atoms with E-state index in [1.807, 2.05) is 11.8 Å². The second-order valence-electron chi connectivity index (χ2n) is 9.66. The number of alkyl halides is 3. The first-order chi connectivity index (χ1) is 17.3. The normalized spacial score (nSPS) is 29.5. The van der Waals surface area contributed by atoms with Crippen LogP contribution in [0, 0.1) is 11.8 Å². The van der Waals surface area contributed by atoms with Gasteiger partial charge in [0.05, 0.1) is 19.3 Å². The average Bonchev–Trinajstić information content (AvgIpc) is 3.29. The van der Waals surface area contributed by atoms with Gasteiger partial charge >= 0.3 is 6.18 Å². The Morgan fingerprint density at radius 1 is 1.25 bits per heavy atom. The van der Waals surface area contributed by atoms with Crippen LogP contribution in [0.5, 0.6) is 0 Å². The van der Waals surface area contributed by atoms with E-state index in [0.717, 1.165) is 31.5 Å². The maximum Gasteiger partial charge on any atom is 0.433 e. The Morgan fingerprint density at radius 3 is 2.72 bits per heavy atom. The molecule has 0 aromatic carbocycles. The van der Waals surface area contributed by atoms with Gasteiger partial charge in [-0.2, -0.15) is 13.2 Å². The highest BCUT2D eigenvalue weighted by molar-refractivity contribution is 5.80. The van der Waals surface area contributed by atoms with Crippen molar-refractivity contribution in [3.05, 3.63) is 18.0 Å². The van der Waals surface area contributed by atoms with E-state index in [1.165, 1.54) is 0 Å². The Morgan fingerprint density at radius 2 is 2.03 bits per heavy atom. The third-order valence-corrected chi connectivity index (χ3v) is 7.41. The summed E-state index contributed by atoms with van der Waals surface area (Å²) in [7, 11) is 1.69. The molecule has 3 fully saturated rings. The first kappa shape index (κ1) is 27.0. The molecule has 1 aromatic heterocycles. The van der Waals surface area contributed by atoms with Crippen molar-refractivity contribution >= 4 is 11.9 Å². The molecule has 1 N–H and O–H groups in total. The first-order valence-electron chi connectivity index (χ1n) is 12.7. The van der Waals surface area contributed by atoms with Crippen LogP contribution < -0.4 is 10.2 Å². The van der Waals surface area contributed by atoms with E-state index in [2.05, 4.69) is 15.3 Å². The summed E-state index contributed by atoms with van der Waals surface area (Å²) in [5.74, 6) is 0.0798. The van der Waals surface area contributed by atoms with Crippen LogP contribution >= 0.6 is 0 Å². The number of piperazine rings is 1. The van der Waals surface area contributed by atoms with Gasteiger partial charge < -0.3 is 29.3 Å². The predicted octanol–water partition coefficient (Wildman–Crippen LogP) is 1.97. The zero-order valence-corrected chi connectivity index (χ0v) is 20.9. The summed E-state index contributed by atoms with van der Waals surface area (Å²) in [6.07, 6.45) is -0.969. The fraction of sp³-hybridized carbons (Fsp3) is 0.792. The van der Waals surface area contributed by atoms with Crippen LogP contribution in [0.15, 0.2) is 12.3 Å². The number of aromatic nitrogens is 2. The lowest BCUT2D eigenvalue weighted by Crippen LogP contribution is -2.52. The highest BCUT2D eigenvalue weighted by Crippen LogP contribution is 2.35. The van der Waals surface area contributed by atoms with Gasteiger partial charge in [-0.1, -0.05) is 0 Å². The van der Waals surface area contributed by atoms with Crippen LogP contribution in [-0.2, 0) is 25.2 Å². The van der Waals surface area contributed by atoms with Crippen LogP contribution in [0.3, 0.4) is 0 Å². The number of carbonyl (C=O) groups excluding carboxylic acids is 1. The summed E-state index contributed by atoms with van der Waals surface area (Å²) in [6.45, 7) is 5.92. The molecule has 0 spiro atoms. The van der Waals surface area contributed by atoms with Crippen LogP contribution in [-0.4, -0.2) is 98.7 Å². The molecular formula is C24H36F3N5O4. The maximum atomic E-state index is 13.6.